The Morgan fingerprint density at radius 1 is 1.00 bits per heavy atom. The van der Waals surface area contributed by atoms with Crippen molar-refractivity contribution >= 4 is 39.9 Å². The number of carbonyl (C=O) groups excluding carboxylic acids is 3. The molecule has 3 aromatic carbocycles. The number of aromatic nitrogens is 1. The standard InChI is InChI=1S/C33H28N2O9S/c1-18-30(32(39)41-3)45-33(34-18)35-27(20-9-11-22(24(15-20)40-2)44-17-19-7-5-4-6-8-19)26(29(37)31(35)38)28(36)21-10-12-23-25(16-21)43-14-13-42-23/h4-12,15-16,27,36H,13-14,17H2,1-3H3. The number of Topliss-reactive ketones (excluding diaryl/α,β-unsaturated/α-hetero) is 1. The SMILES string of the molecule is COC(=O)c1sc(N2C(=O)C(=O)C(=C(O)c3ccc4c(c3)OCCO4)C2c2ccc(OCc3ccccc3)c(OC)c2)nc1C. The highest BCUT2D eigenvalue weighted by molar-refractivity contribution is 7.17. The van der Waals surface area contributed by atoms with Gasteiger partial charge in [0.05, 0.1) is 31.5 Å². The molecule has 2 aliphatic rings. The van der Waals surface area contributed by atoms with Gasteiger partial charge in [-0.25, -0.2) is 9.78 Å². The van der Waals surface area contributed by atoms with E-state index in [9.17, 15) is 19.5 Å². The van der Waals surface area contributed by atoms with E-state index in [1.807, 2.05) is 30.3 Å². The number of carbonyl (C=O) groups is 3. The van der Waals surface area contributed by atoms with Gasteiger partial charge in [0.25, 0.3) is 5.78 Å². The lowest BCUT2D eigenvalue weighted by atomic mass is 9.95. The molecule has 1 amide bonds. The van der Waals surface area contributed by atoms with E-state index in [1.165, 1.54) is 19.1 Å². The van der Waals surface area contributed by atoms with Crippen LogP contribution in [0.25, 0.3) is 5.76 Å². The fourth-order valence-corrected chi connectivity index (χ4v) is 6.18. The van der Waals surface area contributed by atoms with Gasteiger partial charge >= 0.3 is 11.9 Å². The van der Waals surface area contributed by atoms with Crippen LogP contribution in [-0.4, -0.2) is 55.2 Å². The number of thiazole rings is 1. The predicted octanol–water partition coefficient (Wildman–Crippen LogP) is 5.22. The van der Waals surface area contributed by atoms with Gasteiger partial charge < -0.3 is 28.8 Å². The smallest absolute Gasteiger partial charge is 0.350 e. The monoisotopic (exact) mass is 628 g/mol. The molecular formula is C33H28N2O9S. The van der Waals surface area contributed by atoms with Gasteiger partial charge in [0.15, 0.2) is 28.1 Å². The number of hydrogen-bond acceptors (Lipinski definition) is 11. The van der Waals surface area contributed by atoms with Crippen LogP contribution >= 0.6 is 11.3 Å². The Hall–Kier alpha value is -5.36. The minimum Gasteiger partial charge on any atom is -0.507 e. The van der Waals surface area contributed by atoms with Crippen molar-refractivity contribution in [1.82, 2.24) is 4.98 Å². The average molecular weight is 629 g/mol. The van der Waals surface area contributed by atoms with E-state index < -0.39 is 29.5 Å². The highest BCUT2D eigenvalue weighted by Gasteiger charge is 2.48. The van der Waals surface area contributed by atoms with Crippen molar-refractivity contribution in [2.24, 2.45) is 0 Å². The molecule has 230 valence electrons. The van der Waals surface area contributed by atoms with Crippen molar-refractivity contribution in [3.05, 3.63) is 99.6 Å². The predicted molar refractivity (Wildman–Crippen MR) is 164 cm³/mol. The summed E-state index contributed by atoms with van der Waals surface area (Å²) in [5.74, 6) is -1.21. The van der Waals surface area contributed by atoms with E-state index in [-0.39, 0.29) is 27.8 Å². The summed E-state index contributed by atoms with van der Waals surface area (Å²) in [5, 5.41) is 11.7. The lowest BCUT2D eigenvalue weighted by molar-refractivity contribution is -0.132. The molecule has 11 nitrogen and oxygen atoms in total. The second kappa shape index (κ2) is 12.3. The van der Waals surface area contributed by atoms with E-state index in [2.05, 4.69) is 4.98 Å². The van der Waals surface area contributed by atoms with Gasteiger partial charge in [-0.3, -0.25) is 14.5 Å². The number of aliphatic hydroxyl groups is 1. The van der Waals surface area contributed by atoms with Crippen molar-refractivity contribution < 1.29 is 43.2 Å². The number of hydrogen-bond donors (Lipinski definition) is 1. The number of nitrogens with zero attached hydrogens (tertiary/aromatic N) is 2. The molecule has 1 unspecified atom stereocenters. The molecule has 4 aromatic rings. The van der Waals surface area contributed by atoms with Gasteiger partial charge in [0, 0.05) is 5.56 Å². The molecule has 0 saturated carbocycles. The summed E-state index contributed by atoms with van der Waals surface area (Å²) in [4.78, 5) is 45.6. The molecule has 1 fully saturated rings. The molecule has 1 aromatic heterocycles. The zero-order valence-electron chi connectivity index (χ0n) is 24.6. The second-order valence-electron chi connectivity index (χ2n) is 10.1. The summed E-state index contributed by atoms with van der Waals surface area (Å²) < 4.78 is 27.8. The third-order valence-electron chi connectivity index (χ3n) is 7.36. The minimum atomic E-state index is -1.13. The van der Waals surface area contributed by atoms with Gasteiger partial charge in [0.2, 0.25) is 0 Å². The number of benzene rings is 3. The number of esters is 1. The maximum absolute atomic E-state index is 13.7. The molecule has 1 atom stereocenters. The number of ketones is 1. The fourth-order valence-electron chi connectivity index (χ4n) is 5.17. The first kappa shape index (κ1) is 29.7. The Morgan fingerprint density at radius 3 is 2.49 bits per heavy atom. The first-order chi connectivity index (χ1) is 21.8. The zero-order valence-corrected chi connectivity index (χ0v) is 25.4. The number of methoxy groups -OCH3 is 2. The Balaban J connectivity index is 1.47. The van der Waals surface area contributed by atoms with E-state index in [0.717, 1.165) is 16.9 Å². The van der Waals surface area contributed by atoms with Gasteiger partial charge in [0.1, 0.15) is 30.5 Å². The molecule has 0 bridgehead atoms. The van der Waals surface area contributed by atoms with Crippen LogP contribution in [0.4, 0.5) is 5.13 Å². The number of fused-ring (bicyclic) bond motifs is 1. The Labute approximate surface area is 262 Å². The van der Waals surface area contributed by atoms with Crippen LogP contribution in [0.5, 0.6) is 23.0 Å². The lowest BCUT2D eigenvalue weighted by Gasteiger charge is -2.24. The van der Waals surface area contributed by atoms with E-state index in [1.54, 1.807) is 43.3 Å². The zero-order chi connectivity index (χ0) is 31.7. The molecule has 2 aliphatic heterocycles. The topological polar surface area (TPSA) is 134 Å². The largest absolute Gasteiger partial charge is 0.507 e. The summed E-state index contributed by atoms with van der Waals surface area (Å²) in [5.41, 5.74) is 1.80. The summed E-state index contributed by atoms with van der Waals surface area (Å²) >= 11 is 0.911. The van der Waals surface area contributed by atoms with Gasteiger partial charge in [-0.15, -0.1) is 0 Å². The lowest BCUT2D eigenvalue weighted by Crippen LogP contribution is -2.29. The molecule has 6 rings (SSSR count). The summed E-state index contributed by atoms with van der Waals surface area (Å²) in [7, 11) is 2.72. The normalized spacial score (nSPS) is 16.9. The number of aliphatic hydroxyl groups excluding tert-OH is 1. The number of ether oxygens (including phenoxy) is 5. The van der Waals surface area contributed by atoms with Crippen LogP contribution < -0.4 is 23.8 Å². The second-order valence-corrected chi connectivity index (χ2v) is 11.1. The molecule has 45 heavy (non-hydrogen) atoms. The molecule has 0 spiro atoms. The third-order valence-corrected chi connectivity index (χ3v) is 8.50. The van der Waals surface area contributed by atoms with Gasteiger partial charge in [-0.1, -0.05) is 47.7 Å². The molecule has 1 saturated heterocycles. The van der Waals surface area contributed by atoms with E-state index in [4.69, 9.17) is 23.7 Å². The van der Waals surface area contributed by atoms with Crippen molar-refractivity contribution in [3.63, 3.8) is 0 Å². The quantitative estimate of drug-likeness (QED) is 0.120. The fraction of sp³-hybridized carbons (Fsp3) is 0.212. The number of rotatable bonds is 8. The molecular weight excluding hydrogens is 600 g/mol. The molecule has 1 N–H and O–H groups in total. The molecule has 12 heteroatoms. The highest BCUT2D eigenvalue weighted by Crippen LogP contribution is 2.46. The Morgan fingerprint density at radius 2 is 1.76 bits per heavy atom. The van der Waals surface area contributed by atoms with Crippen LogP contribution in [-0.2, 0) is 20.9 Å². The van der Waals surface area contributed by atoms with Gasteiger partial charge in [-0.05, 0) is 48.4 Å². The Kier molecular flexibility index (Phi) is 8.14. The van der Waals surface area contributed by atoms with Crippen LogP contribution in [0.3, 0.4) is 0 Å². The first-order valence-corrected chi connectivity index (χ1v) is 14.7. The summed E-state index contributed by atoms with van der Waals surface area (Å²) in [6.07, 6.45) is 0. The number of aryl methyl sites for hydroxylation is 1. The Bertz CT molecular complexity index is 1830. The van der Waals surface area contributed by atoms with Crippen LogP contribution in [0.1, 0.15) is 38.1 Å². The average Bonchev–Trinajstić information content (AvgIpc) is 3.58. The molecule has 3 heterocycles. The third kappa shape index (κ3) is 5.55. The van der Waals surface area contributed by atoms with Crippen molar-refractivity contribution in [2.75, 3.05) is 32.3 Å². The van der Waals surface area contributed by atoms with Crippen LogP contribution in [0.15, 0.2) is 72.3 Å². The van der Waals surface area contributed by atoms with Crippen LogP contribution in [0, 0.1) is 6.92 Å². The maximum atomic E-state index is 13.7. The molecule has 0 radical (unpaired) electrons. The van der Waals surface area contributed by atoms with E-state index >= 15 is 0 Å². The van der Waals surface area contributed by atoms with Gasteiger partial charge in [-0.2, -0.15) is 0 Å². The summed E-state index contributed by atoms with van der Waals surface area (Å²) in [6.45, 7) is 2.60. The molecule has 0 aliphatic carbocycles. The van der Waals surface area contributed by atoms with E-state index in [0.29, 0.717) is 47.5 Å². The van der Waals surface area contributed by atoms with Crippen molar-refractivity contribution in [1.29, 1.82) is 0 Å². The van der Waals surface area contributed by atoms with Crippen molar-refractivity contribution in [2.45, 2.75) is 19.6 Å². The number of anilines is 1. The number of amides is 1. The first-order valence-electron chi connectivity index (χ1n) is 13.9. The summed E-state index contributed by atoms with van der Waals surface area (Å²) in [6, 6.07) is 18.2. The maximum Gasteiger partial charge on any atom is 0.350 e. The van der Waals surface area contributed by atoms with Crippen LogP contribution in [0.2, 0.25) is 0 Å². The van der Waals surface area contributed by atoms with Crippen molar-refractivity contribution in [3.8, 4) is 23.0 Å². The highest BCUT2D eigenvalue weighted by atomic mass is 32.1. The minimum absolute atomic E-state index is 0.0876.